The first kappa shape index (κ1) is 19.2. The highest BCUT2D eigenvalue weighted by molar-refractivity contribution is 7.99. The van der Waals surface area contributed by atoms with Crippen molar-refractivity contribution in [3.63, 3.8) is 0 Å². The predicted octanol–water partition coefficient (Wildman–Crippen LogP) is 3.72. The summed E-state index contributed by atoms with van der Waals surface area (Å²) in [5.74, 6) is -0.336. The van der Waals surface area contributed by atoms with Crippen LogP contribution in [0, 0.1) is 10.1 Å². The molecular weight excluding hydrogens is 388 g/mol. The molecule has 10 heteroatoms. The van der Waals surface area contributed by atoms with Crippen LogP contribution in [0.1, 0.15) is 4.88 Å². The van der Waals surface area contributed by atoms with Gasteiger partial charge in [-0.1, -0.05) is 17.7 Å². The Kier molecular flexibility index (Phi) is 7.23. The standard InChI is InChI=1S/C15H13ClN2O5S2/c16-13-5-4-12(25-13)8-24-9-15(20)23-7-14(19)17-10-2-1-3-11(6-10)18(21)22/h1-6H,7-9H2,(H,17,19). The van der Waals surface area contributed by atoms with Crippen LogP contribution in [0.15, 0.2) is 36.4 Å². The molecule has 0 unspecified atom stereocenters. The minimum atomic E-state index is -0.566. The van der Waals surface area contributed by atoms with Crippen molar-refractivity contribution in [2.75, 3.05) is 17.7 Å². The number of hydrogen-bond donors (Lipinski definition) is 1. The van der Waals surface area contributed by atoms with Crippen LogP contribution >= 0.6 is 34.7 Å². The monoisotopic (exact) mass is 400 g/mol. The lowest BCUT2D eigenvalue weighted by molar-refractivity contribution is -0.384. The lowest BCUT2D eigenvalue weighted by atomic mass is 10.3. The number of nitrogens with zero attached hydrogens (tertiary/aromatic N) is 1. The van der Waals surface area contributed by atoms with Crippen molar-refractivity contribution in [2.24, 2.45) is 0 Å². The second-order valence-electron chi connectivity index (χ2n) is 4.71. The van der Waals surface area contributed by atoms with Gasteiger partial charge in [0.15, 0.2) is 6.61 Å². The number of thioether (sulfide) groups is 1. The Morgan fingerprint density at radius 3 is 2.80 bits per heavy atom. The number of halogens is 1. The van der Waals surface area contributed by atoms with E-state index < -0.39 is 23.4 Å². The van der Waals surface area contributed by atoms with Crippen LogP contribution in [0.25, 0.3) is 0 Å². The van der Waals surface area contributed by atoms with Crippen LogP contribution in [0.5, 0.6) is 0 Å². The Balaban J connectivity index is 1.69. The number of ether oxygens (including phenoxy) is 1. The summed E-state index contributed by atoms with van der Waals surface area (Å²) >= 11 is 8.62. The van der Waals surface area contributed by atoms with Crippen LogP contribution in [0.4, 0.5) is 11.4 Å². The normalized spacial score (nSPS) is 10.3. The van der Waals surface area contributed by atoms with Crippen LogP contribution in [0.2, 0.25) is 4.34 Å². The Morgan fingerprint density at radius 1 is 1.32 bits per heavy atom. The Morgan fingerprint density at radius 2 is 2.12 bits per heavy atom. The molecule has 0 atom stereocenters. The van der Waals surface area contributed by atoms with E-state index in [1.807, 2.05) is 6.07 Å². The summed E-state index contributed by atoms with van der Waals surface area (Å²) in [6.45, 7) is -0.451. The molecule has 2 aromatic rings. The molecule has 0 bridgehead atoms. The molecule has 0 radical (unpaired) electrons. The average Bonchev–Trinajstić information content (AvgIpc) is 2.98. The predicted molar refractivity (Wildman–Crippen MR) is 98.2 cm³/mol. The molecule has 0 aliphatic carbocycles. The zero-order valence-corrected chi connectivity index (χ0v) is 15.2. The minimum absolute atomic E-state index is 0.111. The smallest absolute Gasteiger partial charge is 0.316 e. The molecule has 25 heavy (non-hydrogen) atoms. The number of nitro benzene ring substituents is 1. The lowest BCUT2D eigenvalue weighted by Gasteiger charge is -2.06. The Bertz CT molecular complexity index is 781. The van der Waals surface area contributed by atoms with Crippen LogP contribution in [-0.4, -0.2) is 29.2 Å². The molecule has 1 amide bonds. The first-order chi connectivity index (χ1) is 11.9. The average molecular weight is 401 g/mol. The zero-order valence-electron chi connectivity index (χ0n) is 12.8. The lowest BCUT2D eigenvalue weighted by Crippen LogP contribution is -2.21. The van der Waals surface area contributed by atoms with Crippen molar-refractivity contribution >= 4 is 58.0 Å². The highest BCUT2D eigenvalue weighted by Crippen LogP contribution is 2.25. The zero-order chi connectivity index (χ0) is 18.2. The van der Waals surface area contributed by atoms with Crippen LogP contribution in [0.3, 0.4) is 0 Å². The SMILES string of the molecule is O=C(COC(=O)CSCc1ccc(Cl)s1)Nc1cccc([N+](=O)[O-])c1. The van der Waals surface area contributed by atoms with Gasteiger partial charge in [0, 0.05) is 28.5 Å². The van der Waals surface area contributed by atoms with Crippen molar-refractivity contribution in [3.8, 4) is 0 Å². The summed E-state index contributed by atoms with van der Waals surface area (Å²) < 4.78 is 5.56. The third-order valence-electron chi connectivity index (χ3n) is 2.80. The van der Waals surface area contributed by atoms with E-state index in [9.17, 15) is 19.7 Å². The fourth-order valence-electron chi connectivity index (χ4n) is 1.75. The minimum Gasteiger partial charge on any atom is -0.455 e. The summed E-state index contributed by atoms with van der Waals surface area (Å²) in [6, 6.07) is 9.17. The summed E-state index contributed by atoms with van der Waals surface area (Å²) in [7, 11) is 0. The third-order valence-corrected chi connectivity index (χ3v) is 5.17. The van der Waals surface area contributed by atoms with Crippen molar-refractivity contribution in [1.82, 2.24) is 0 Å². The number of esters is 1. The van der Waals surface area contributed by atoms with Crippen molar-refractivity contribution in [3.05, 3.63) is 55.7 Å². The number of nitro groups is 1. The molecule has 1 heterocycles. The fraction of sp³-hybridized carbons (Fsp3) is 0.200. The number of thiophene rings is 1. The number of carbonyl (C=O) groups is 2. The first-order valence-corrected chi connectivity index (χ1v) is 9.31. The van der Waals surface area contributed by atoms with Gasteiger partial charge in [-0.05, 0) is 18.2 Å². The summed E-state index contributed by atoms with van der Waals surface area (Å²) in [5, 5.41) is 13.1. The van der Waals surface area contributed by atoms with Gasteiger partial charge in [0.2, 0.25) is 0 Å². The maximum atomic E-state index is 11.7. The summed E-state index contributed by atoms with van der Waals surface area (Å²) in [5.41, 5.74) is 0.124. The van der Waals surface area contributed by atoms with Crippen molar-refractivity contribution in [2.45, 2.75) is 5.75 Å². The molecule has 0 fully saturated rings. The quantitative estimate of drug-likeness (QED) is 0.412. The number of carbonyl (C=O) groups excluding carboxylic acids is 2. The first-order valence-electron chi connectivity index (χ1n) is 6.96. The highest BCUT2D eigenvalue weighted by Gasteiger charge is 2.11. The van der Waals surface area contributed by atoms with E-state index >= 15 is 0 Å². The Hall–Kier alpha value is -2.10. The third kappa shape index (κ3) is 6.73. The maximum Gasteiger partial charge on any atom is 0.316 e. The van der Waals surface area contributed by atoms with Gasteiger partial charge >= 0.3 is 5.97 Å². The van der Waals surface area contributed by atoms with E-state index in [0.29, 0.717) is 10.1 Å². The molecule has 1 N–H and O–H groups in total. The van der Waals surface area contributed by atoms with Gasteiger partial charge < -0.3 is 10.1 Å². The topological polar surface area (TPSA) is 98.5 Å². The van der Waals surface area contributed by atoms with Gasteiger partial charge in [0.05, 0.1) is 15.0 Å². The van der Waals surface area contributed by atoms with E-state index in [4.69, 9.17) is 16.3 Å². The molecule has 132 valence electrons. The van der Waals surface area contributed by atoms with E-state index in [2.05, 4.69) is 5.32 Å². The summed E-state index contributed by atoms with van der Waals surface area (Å²) in [4.78, 5) is 34.5. The molecular formula is C15H13ClN2O5S2. The number of hydrogen-bond acceptors (Lipinski definition) is 7. The Labute approximate surface area is 156 Å². The summed E-state index contributed by atoms with van der Waals surface area (Å²) in [6.07, 6.45) is 0. The number of amides is 1. The van der Waals surface area contributed by atoms with Crippen molar-refractivity contribution < 1.29 is 19.2 Å². The number of rotatable bonds is 8. The number of nitrogens with one attached hydrogen (secondary N) is 1. The molecule has 1 aromatic carbocycles. The number of non-ortho nitro benzene ring substituents is 1. The van der Waals surface area contributed by atoms with E-state index in [-0.39, 0.29) is 17.1 Å². The molecule has 1 aromatic heterocycles. The molecule has 0 saturated carbocycles. The maximum absolute atomic E-state index is 11.7. The fourth-order valence-corrected chi connectivity index (χ4v) is 3.76. The number of benzene rings is 1. The van der Waals surface area contributed by atoms with Gasteiger partial charge in [0.1, 0.15) is 0 Å². The van der Waals surface area contributed by atoms with Gasteiger partial charge in [-0.2, -0.15) is 0 Å². The number of anilines is 1. The molecule has 7 nitrogen and oxygen atoms in total. The molecule has 0 aliphatic rings. The molecule has 2 rings (SSSR count). The largest absolute Gasteiger partial charge is 0.455 e. The second kappa shape index (κ2) is 9.40. The van der Waals surface area contributed by atoms with E-state index in [1.165, 1.54) is 47.4 Å². The van der Waals surface area contributed by atoms with Gasteiger partial charge in [-0.3, -0.25) is 19.7 Å². The molecule has 0 saturated heterocycles. The van der Waals surface area contributed by atoms with Gasteiger partial charge in [-0.15, -0.1) is 23.1 Å². The van der Waals surface area contributed by atoms with Gasteiger partial charge in [-0.25, -0.2) is 0 Å². The molecule has 0 aliphatic heterocycles. The van der Waals surface area contributed by atoms with Crippen LogP contribution in [-0.2, 0) is 20.1 Å². The molecule has 0 spiro atoms. The second-order valence-corrected chi connectivity index (χ2v) is 7.50. The highest BCUT2D eigenvalue weighted by atomic mass is 35.5. The van der Waals surface area contributed by atoms with E-state index in [1.54, 1.807) is 6.07 Å². The van der Waals surface area contributed by atoms with E-state index in [0.717, 1.165) is 4.88 Å². The van der Waals surface area contributed by atoms with Crippen molar-refractivity contribution in [1.29, 1.82) is 0 Å². The van der Waals surface area contributed by atoms with Crippen LogP contribution < -0.4 is 5.32 Å². The van der Waals surface area contributed by atoms with Gasteiger partial charge in [0.25, 0.3) is 11.6 Å².